The summed E-state index contributed by atoms with van der Waals surface area (Å²) in [4.78, 5) is 14.9. The molecule has 1 aliphatic heterocycles. The lowest BCUT2D eigenvalue weighted by molar-refractivity contribution is -0.118. The molecule has 0 saturated carbocycles. The lowest BCUT2D eigenvalue weighted by Crippen LogP contribution is -2.33. The minimum Gasteiger partial charge on any atom is -0.483 e. The van der Waals surface area contributed by atoms with Gasteiger partial charge in [0, 0.05) is 29.9 Å². The van der Waals surface area contributed by atoms with E-state index in [9.17, 15) is 4.79 Å². The first-order valence-corrected chi connectivity index (χ1v) is 12.4. The predicted molar refractivity (Wildman–Crippen MR) is 144 cm³/mol. The van der Waals surface area contributed by atoms with Gasteiger partial charge in [-0.05, 0) is 54.7 Å². The zero-order chi connectivity index (χ0) is 24.7. The van der Waals surface area contributed by atoms with E-state index >= 15 is 0 Å². The number of carbonyl (C=O) groups is 1. The number of para-hydroxylation sites is 1. The van der Waals surface area contributed by atoms with E-state index in [-0.39, 0.29) is 12.5 Å². The van der Waals surface area contributed by atoms with E-state index in [2.05, 4.69) is 27.3 Å². The predicted octanol–water partition coefficient (Wildman–Crippen LogP) is 6.06. The Balaban J connectivity index is 1.21. The fourth-order valence-corrected chi connectivity index (χ4v) is 4.43. The number of anilines is 2. The van der Waals surface area contributed by atoms with Crippen LogP contribution in [0, 0.1) is 5.92 Å². The Morgan fingerprint density at radius 3 is 2.42 bits per heavy atom. The molecule has 4 aromatic rings. The van der Waals surface area contributed by atoms with Crippen molar-refractivity contribution >= 4 is 17.4 Å². The number of carbonyl (C=O) groups excluding carboxylic acids is 1. The van der Waals surface area contributed by atoms with Crippen molar-refractivity contribution in [2.75, 3.05) is 29.9 Å². The first-order valence-electron chi connectivity index (χ1n) is 12.4. The molecule has 36 heavy (non-hydrogen) atoms. The van der Waals surface area contributed by atoms with E-state index < -0.39 is 0 Å². The molecule has 2 heterocycles. The summed E-state index contributed by atoms with van der Waals surface area (Å²) in [6.45, 7) is 4.26. The molecule has 0 unspecified atom stereocenters. The molecular weight excluding hydrogens is 448 g/mol. The van der Waals surface area contributed by atoms with Crippen molar-refractivity contribution in [2.45, 2.75) is 19.8 Å². The molecule has 1 saturated heterocycles. The molecule has 0 radical (unpaired) electrons. The minimum atomic E-state index is -0.226. The number of amides is 1. The Morgan fingerprint density at radius 1 is 0.889 bits per heavy atom. The Kier molecular flexibility index (Phi) is 7.22. The van der Waals surface area contributed by atoms with Gasteiger partial charge >= 0.3 is 0 Å². The van der Waals surface area contributed by atoms with Crippen LogP contribution in [0.1, 0.15) is 19.8 Å². The number of aromatic nitrogens is 2. The van der Waals surface area contributed by atoms with Crippen LogP contribution >= 0.6 is 0 Å². The molecule has 1 aromatic heterocycles. The van der Waals surface area contributed by atoms with Crippen molar-refractivity contribution in [3.63, 3.8) is 0 Å². The van der Waals surface area contributed by atoms with E-state index in [0.717, 1.165) is 47.2 Å². The number of piperidine rings is 1. The Bertz CT molecular complexity index is 1300. The molecule has 182 valence electrons. The third kappa shape index (κ3) is 5.71. The summed E-state index contributed by atoms with van der Waals surface area (Å²) in [7, 11) is 0. The molecule has 5 rings (SSSR count). The zero-order valence-corrected chi connectivity index (χ0v) is 20.4. The molecule has 0 spiro atoms. The number of hydrogen-bond donors (Lipinski definition) is 1. The monoisotopic (exact) mass is 478 g/mol. The number of nitrogens with zero attached hydrogens (tertiary/aromatic N) is 3. The van der Waals surface area contributed by atoms with Crippen LogP contribution in [0.2, 0.25) is 0 Å². The van der Waals surface area contributed by atoms with Gasteiger partial charge in [0.05, 0.1) is 5.69 Å². The molecule has 1 N–H and O–H groups in total. The van der Waals surface area contributed by atoms with Crippen LogP contribution < -0.4 is 15.0 Å². The molecule has 0 aliphatic carbocycles. The van der Waals surface area contributed by atoms with Crippen molar-refractivity contribution in [1.82, 2.24) is 10.2 Å². The molecule has 1 amide bonds. The van der Waals surface area contributed by atoms with Crippen molar-refractivity contribution in [3.8, 4) is 28.1 Å². The van der Waals surface area contributed by atoms with Gasteiger partial charge in [0.2, 0.25) is 0 Å². The molecule has 1 aliphatic rings. The van der Waals surface area contributed by atoms with Crippen LogP contribution in [0.25, 0.3) is 22.4 Å². The third-order valence-electron chi connectivity index (χ3n) is 6.53. The highest BCUT2D eigenvalue weighted by molar-refractivity contribution is 5.92. The van der Waals surface area contributed by atoms with Gasteiger partial charge < -0.3 is 15.0 Å². The maximum absolute atomic E-state index is 12.7. The van der Waals surface area contributed by atoms with Crippen molar-refractivity contribution in [2.24, 2.45) is 5.92 Å². The third-order valence-corrected chi connectivity index (χ3v) is 6.53. The number of hydrogen-bond acceptors (Lipinski definition) is 5. The summed E-state index contributed by atoms with van der Waals surface area (Å²) in [5, 5.41) is 11.8. The van der Waals surface area contributed by atoms with Gasteiger partial charge in [0.25, 0.3) is 5.91 Å². The normalized spacial score (nSPS) is 13.9. The highest BCUT2D eigenvalue weighted by Gasteiger charge is 2.17. The number of rotatable bonds is 7. The van der Waals surface area contributed by atoms with Crippen LogP contribution in [0.4, 0.5) is 11.5 Å². The zero-order valence-electron chi connectivity index (χ0n) is 20.4. The molecule has 6 heteroatoms. The average molecular weight is 479 g/mol. The molecule has 3 aromatic carbocycles. The van der Waals surface area contributed by atoms with E-state index in [4.69, 9.17) is 4.74 Å². The summed E-state index contributed by atoms with van der Waals surface area (Å²) in [5.41, 5.74) is 4.35. The Labute approximate surface area is 212 Å². The first kappa shape index (κ1) is 23.5. The van der Waals surface area contributed by atoms with Crippen LogP contribution in [0.5, 0.6) is 5.75 Å². The fraction of sp³-hybridized carbons (Fsp3) is 0.233. The number of benzene rings is 3. The van der Waals surface area contributed by atoms with Crippen molar-refractivity contribution < 1.29 is 9.53 Å². The lowest BCUT2D eigenvalue weighted by atomic mass is 9.99. The maximum atomic E-state index is 12.7. The summed E-state index contributed by atoms with van der Waals surface area (Å²) < 4.78 is 5.88. The molecule has 1 fully saturated rings. The van der Waals surface area contributed by atoms with E-state index in [0.29, 0.717) is 11.4 Å². The second kappa shape index (κ2) is 11.0. The van der Waals surface area contributed by atoms with Crippen LogP contribution in [-0.2, 0) is 4.79 Å². The number of ether oxygens (including phenoxy) is 1. The smallest absolute Gasteiger partial charge is 0.262 e. The number of nitrogens with one attached hydrogen (secondary N) is 1. The largest absolute Gasteiger partial charge is 0.483 e. The Hall–Kier alpha value is -4.19. The highest BCUT2D eigenvalue weighted by atomic mass is 16.5. The topological polar surface area (TPSA) is 67.4 Å². The van der Waals surface area contributed by atoms with Gasteiger partial charge in [-0.25, -0.2) is 0 Å². The molecular formula is C30H30N4O2. The average Bonchev–Trinajstić information content (AvgIpc) is 2.93. The standard InChI is InChI=1S/C30H30N4O2/c1-22-16-18-34(19-17-22)29-15-14-27(32-33-29)24-10-7-11-25(20-24)31-30(35)21-36-28-13-6-5-12-26(28)23-8-3-2-4-9-23/h2-15,20,22H,16-19,21H2,1H3,(H,31,35). The molecule has 0 bridgehead atoms. The van der Waals surface area contributed by atoms with Crippen LogP contribution in [0.15, 0.2) is 91.0 Å². The summed E-state index contributed by atoms with van der Waals surface area (Å²) >= 11 is 0. The first-order chi connectivity index (χ1) is 17.7. The quantitative estimate of drug-likeness (QED) is 0.349. The van der Waals surface area contributed by atoms with E-state index in [1.165, 1.54) is 12.8 Å². The molecule has 6 nitrogen and oxygen atoms in total. The van der Waals surface area contributed by atoms with E-state index in [1.54, 1.807) is 0 Å². The Morgan fingerprint density at radius 2 is 1.64 bits per heavy atom. The van der Waals surface area contributed by atoms with Crippen molar-refractivity contribution in [3.05, 3.63) is 91.0 Å². The summed E-state index contributed by atoms with van der Waals surface area (Å²) in [5.74, 6) is 2.14. The van der Waals surface area contributed by atoms with Gasteiger partial charge in [-0.2, -0.15) is 0 Å². The second-order valence-electron chi connectivity index (χ2n) is 9.23. The van der Waals surface area contributed by atoms with Gasteiger partial charge in [0.1, 0.15) is 5.75 Å². The van der Waals surface area contributed by atoms with Gasteiger partial charge in [-0.3, -0.25) is 4.79 Å². The highest BCUT2D eigenvalue weighted by Crippen LogP contribution is 2.29. The van der Waals surface area contributed by atoms with Gasteiger partial charge in [-0.15, -0.1) is 10.2 Å². The van der Waals surface area contributed by atoms with Gasteiger partial charge in [0.15, 0.2) is 12.4 Å². The van der Waals surface area contributed by atoms with Crippen LogP contribution in [-0.4, -0.2) is 35.8 Å². The maximum Gasteiger partial charge on any atom is 0.262 e. The van der Waals surface area contributed by atoms with Crippen molar-refractivity contribution in [1.29, 1.82) is 0 Å². The van der Waals surface area contributed by atoms with Gasteiger partial charge in [-0.1, -0.05) is 67.6 Å². The fourth-order valence-electron chi connectivity index (χ4n) is 4.43. The summed E-state index contributed by atoms with van der Waals surface area (Å²) in [6, 6.07) is 29.4. The molecule has 0 atom stereocenters. The summed E-state index contributed by atoms with van der Waals surface area (Å²) in [6.07, 6.45) is 2.37. The minimum absolute atomic E-state index is 0.0863. The SMILES string of the molecule is CC1CCN(c2ccc(-c3cccc(NC(=O)COc4ccccc4-c4ccccc4)c3)nn2)CC1. The lowest BCUT2D eigenvalue weighted by Gasteiger charge is -2.30. The second-order valence-corrected chi connectivity index (χ2v) is 9.23. The van der Waals surface area contributed by atoms with E-state index in [1.807, 2.05) is 91.0 Å². The van der Waals surface area contributed by atoms with Crippen LogP contribution in [0.3, 0.4) is 0 Å².